The number of amidine groups is 1. The maximum atomic E-state index is 13.5. The van der Waals surface area contributed by atoms with Gasteiger partial charge in [-0.05, 0) is 26.0 Å². The lowest BCUT2D eigenvalue weighted by Crippen LogP contribution is -2.32. The summed E-state index contributed by atoms with van der Waals surface area (Å²) in [5.74, 6) is -2.00. The molecule has 1 aromatic carbocycles. The second kappa shape index (κ2) is 6.58. The van der Waals surface area contributed by atoms with E-state index in [0.29, 0.717) is 6.61 Å². The van der Waals surface area contributed by atoms with E-state index in [-0.39, 0.29) is 17.3 Å². The van der Waals surface area contributed by atoms with E-state index in [9.17, 15) is 9.18 Å². The van der Waals surface area contributed by atoms with Crippen LogP contribution < -0.4 is 15.8 Å². The fourth-order valence-electron chi connectivity index (χ4n) is 1.32. The maximum Gasteiger partial charge on any atom is 0.234 e. The van der Waals surface area contributed by atoms with Crippen LogP contribution in [0.3, 0.4) is 0 Å². The molecule has 1 unspecified atom stereocenters. The Morgan fingerprint density at radius 1 is 1.63 bits per heavy atom. The van der Waals surface area contributed by atoms with E-state index in [1.54, 1.807) is 6.92 Å². The number of carbonyl (C=O) groups is 1. The van der Waals surface area contributed by atoms with Crippen LogP contribution in [0.2, 0.25) is 0 Å². The summed E-state index contributed by atoms with van der Waals surface area (Å²) in [7, 11) is 0. The van der Waals surface area contributed by atoms with Crippen molar-refractivity contribution in [2.75, 3.05) is 11.9 Å². The van der Waals surface area contributed by atoms with Gasteiger partial charge in [-0.3, -0.25) is 4.79 Å². The monoisotopic (exact) mass is 269 g/mol. The fourth-order valence-corrected chi connectivity index (χ4v) is 1.32. The zero-order valence-electron chi connectivity index (χ0n) is 10.7. The highest BCUT2D eigenvalue weighted by Gasteiger charge is 2.18. The summed E-state index contributed by atoms with van der Waals surface area (Å²) in [5.41, 5.74) is 5.58. The molecule has 6 nitrogen and oxygen atoms in total. The number of benzene rings is 1. The van der Waals surface area contributed by atoms with E-state index >= 15 is 0 Å². The first kappa shape index (κ1) is 14.7. The summed E-state index contributed by atoms with van der Waals surface area (Å²) < 4.78 is 18.6. The highest BCUT2D eigenvalue weighted by Crippen LogP contribution is 2.21. The van der Waals surface area contributed by atoms with Crippen molar-refractivity contribution in [1.29, 1.82) is 0 Å². The molecule has 4 N–H and O–H groups in total. The molecular weight excluding hydrogens is 253 g/mol. The van der Waals surface area contributed by atoms with Gasteiger partial charge in [-0.25, -0.2) is 4.39 Å². The van der Waals surface area contributed by atoms with Crippen molar-refractivity contribution in [1.82, 2.24) is 0 Å². The lowest BCUT2D eigenvalue weighted by Gasteiger charge is -2.11. The van der Waals surface area contributed by atoms with Crippen LogP contribution in [-0.2, 0) is 4.79 Å². The lowest BCUT2D eigenvalue weighted by molar-refractivity contribution is -0.117. The third-order valence-corrected chi connectivity index (χ3v) is 2.45. The predicted octanol–water partition coefficient (Wildman–Crippen LogP) is 1.55. The van der Waals surface area contributed by atoms with E-state index in [1.807, 2.05) is 0 Å². The molecule has 0 aliphatic heterocycles. The van der Waals surface area contributed by atoms with Crippen molar-refractivity contribution < 1.29 is 19.1 Å². The highest BCUT2D eigenvalue weighted by molar-refractivity contribution is 6.07. The van der Waals surface area contributed by atoms with E-state index in [2.05, 4.69) is 10.5 Å². The number of hydrogen-bond donors (Lipinski definition) is 3. The van der Waals surface area contributed by atoms with Crippen LogP contribution >= 0.6 is 0 Å². The van der Waals surface area contributed by atoms with E-state index in [1.165, 1.54) is 19.1 Å². The minimum absolute atomic E-state index is 0.116. The maximum absolute atomic E-state index is 13.5. The van der Waals surface area contributed by atoms with Gasteiger partial charge in [0.05, 0.1) is 12.5 Å². The average Bonchev–Trinajstić information content (AvgIpc) is 2.40. The summed E-state index contributed by atoms with van der Waals surface area (Å²) in [4.78, 5) is 11.7. The number of ether oxygens (including phenoxy) is 1. The Hall–Kier alpha value is -2.31. The van der Waals surface area contributed by atoms with Gasteiger partial charge in [0, 0.05) is 11.8 Å². The summed E-state index contributed by atoms with van der Waals surface area (Å²) in [6.45, 7) is 3.56. The first-order valence-electron chi connectivity index (χ1n) is 5.70. The molecule has 7 heteroatoms. The zero-order chi connectivity index (χ0) is 14.4. The van der Waals surface area contributed by atoms with E-state index < -0.39 is 17.6 Å². The topological polar surface area (TPSA) is 96.9 Å². The molecule has 0 aliphatic rings. The third-order valence-electron chi connectivity index (χ3n) is 2.45. The molecule has 1 rings (SSSR count). The molecule has 19 heavy (non-hydrogen) atoms. The number of nitrogens with zero attached hydrogens (tertiary/aromatic N) is 1. The average molecular weight is 269 g/mol. The summed E-state index contributed by atoms with van der Waals surface area (Å²) in [6, 6.07) is 4.06. The number of rotatable bonds is 5. The number of carbonyl (C=O) groups excluding carboxylic acids is 1. The molecule has 104 valence electrons. The number of oxime groups is 1. The van der Waals surface area contributed by atoms with Crippen molar-refractivity contribution in [2.45, 2.75) is 13.8 Å². The van der Waals surface area contributed by atoms with Crippen LogP contribution in [0.15, 0.2) is 23.4 Å². The van der Waals surface area contributed by atoms with Gasteiger partial charge in [0.2, 0.25) is 5.91 Å². The fraction of sp³-hybridized carbons (Fsp3) is 0.333. The Kier molecular flexibility index (Phi) is 5.11. The zero-order valence-corrected chi connectivity index (χ0v) is 10.7. The summed E-state index contributed by atoms with van der Waals surface area (Å²) in [6.07, 6.45) is 0. The van der Waals surface area contributed by atoms with Crippen LogP contribution in [-0.4, -0.2) is 23.6 Å². The molecule has 0 spiro atoms. The quantitative estimate of drug-likeness (QED) is 0.327. The van der Waals surface area contributed by atoms with Gasteiger partial charge in [0.15, 0.2) is 17.4 Å². The van der Waals surface area contributed by atoms with Gasteiger partial charge < -0.3 is 21.0 Å². The van der Waals surface area contributed by atoms with Gasteiger partial charge in [-0.1, -0.05) is 5.16 Å². The first-order valence-corrected chi connectivity index (χ1v) is 5.70. The van der Waals surface area contributed by atoms with Crippen molar-refractivity contribution in [3.63, 3.8) is 0 Å². The van der Waals surface area contributed by atoms with Crippen molar-refractivity contribution >= 4 is 17.4 Å². The van der Waals surface area contributed by atoms with Crippen LogP contribution in [0, 0.1) is 11.7 Å². The second-order valence-electron chi connectivity index (χ2n) is 3.81. The van der Waals surface area contributed by atoms with Crippen LogP contribution in [0.5, 0.6) is 5.75 Å². The Balaban J connectivity index is 2.78. The minimum Gasteiger partial charge on any atom is -0.491 e. The summed E-state index contributed by atoms with van der Waals surface area (Å²) in [5, 5.41) is 13.7. The van der Waals surface area contributed by atoms with Gasteiger partial charge in [0.1, 0.15) is 0 Å². The van der Waals surface area contributed by atoms with Gasteiger partial charge in [-0.15, -0.1) is 0 Å². The number of hydrogen-bond acceptors (Lipinski definition) is 4. The van der Waals surface area contributed by atoms with E-state index in [4.69, 9.17) is 15.7 Å². The molecular formula is C12H16FN3O3. The van der Waals surface area contributed by atoms with E-state index in [0.717, 1.165) is 6.07 Å². The molecule has 0 radical (unpaired) electrons. The van der Waals surface area contributed by atoms with Crippen LogP contribution in [0.25, 0.3) is 0 Å². The molecule has 0 aromatic heterocycles. The number of halogens is 1. The number of nitrogens with one attached hydrogen (secondary N) is 1. The van der Waals surface area contributed by atoms with Gasteiger partial charge >= 0.3 is 0 Å². The molecule has 0 aliphatic carbocycles. The van der Waals surface area contributed by atoms with Crippen molar-refractivity contribution in [2.24, 2.45) is 16.8 Å². The molecule has 0 fully saturated rings. The van der Waals surface area contributed by atoms with Crippen LogP contribution in [0.4, 0.5) is 10.1 Å². The number of nitrogens with two attached hydrogens (primary N) is 1. The Morgan fingerprint density at radius 3 is 2.84 bits per heavy atom. The normalized spacial score (nSPS) is 12.9. The predicted molar refractivity (Wildman–Crippen MR) is 68.8 cm³/mol. The Morgan fingerprint density at radius 2 is 2.32 bits per heavy atom. The Bertz CT molecular complexity index is 491. The number of amides is 1. The van der Waals surface area contributed by atoms with Gasteiger partial charge in [0.25, 0.3) is 0 Å². The second-order valence-corrected chi connectivity index (χ2v) is 3.81. The molecule has 1 atom stereocenters. The third kappa shape index (κ3) is 3.84. The lowest BCUT2D eigenvalue weighted by atomic mass is 10.1. The minimum atomic E-state index is -0.820. The van der Waals surface area contributed by atoms with Crippen molar-refractivity contribution in [3.8, 4) is 5.75 Å². The largest absolute Gasteiger partial charge is 0.491 e. The SMILES string of the molecule is CCOc1ccc(NC(=O)C(C)/C(N)=N/O)cc1F. The molecule has 1 aromatic rings. The van der Waals surface area contributed by atoms with Gasteiger partial charge in [-0.2, -0.15) is 0 Å². The van der Waals surface area contributed by atoms with Crippen molar-refractivity contribution in [3.05, 3.63) is 24.0 Å². The Labute approximate surface area is 110 Å². The summed E-state index contributed by atoms with van der Waals surface area (Å²) >= 11 is 0. The molecule has 1 amide bonds. The smallest absolute Gasteiger partial charge is 0.234 e. The molecule has 0 saturated carbocycles. The highest BCUT2D eigenvalue weighted by atomic mass is 19.1. The van der Waals surface area contributed by atoms with Crippen LogP contribution in [0.1, 0.15) is 13.8 Å². The molecule has 0 saturated heterocycles. The molecule has 0 heterocycles. The standard InChI is InChI=1S/C12H16FN3O3/c1-3-19-10-5-4-8(6-9(10)13)15-12(17)7(2)11(14)16-18/h4-7,18H,3H2,1-2H3,(H2,14,16)(H,15,17). The molecule has 0 bridgehead atoms. The number of anilines is 1. The first-order chi connectivity index (χ1) is 8.99.